The van der Waals surface area contributed by atoms with Crippen molar-refractivity contribution in [2.24, 2.45) is 17.8 Å². The van der Waals surface area contributed by atoms with Crippen molar-refractivity contribution in [2.45, 2.75) is 38.6 Å². The van der Waals surface area contributed by atoms with Crippen LogP contribution in [0.15, 0.2) is 15.9 Å². The summed E-state index contributed by atoms with van der Waals surface area (Å²) in [5.41, 5.74) is 0. The minimum atomic E-state index is 0.713. The predicted molar refractivity (Wildman–Crippen MR) is 77.5 cm³/mol. The summed E-state index contributed by atoms with van der Waals surface area (Å²) in [6.45, 7) is 3.33. The molecular weight excluding hydrogens is 294 g/mol. The first kappa shape index (κ1) is 12.2. The molecule has 0 bridgehead atoms. The number of nitrogens with one attached hydrogen (secondary N) is 1. The van der Waals surface area contributed by atoms with Crippen LogP contribution in [0.5, 0.6) is 0 Å². The molecule has 2 fully saturated rings. The van der Waals surface area contributed by atoms with Gasteiger partial charge in [-0.3, -0.25) is 0 Å². The van der Waals surface area contributed by atoms with Gasteiger partial charge in [-0.2, -0.15) is 0 Å². The van der Waals surface area contributed by atoms with E-state index in [-0.39, 0.29) is 0 Å². The quantitative estimate of drug-likeness (QED) is 0.863. The highest BCUT2D eigenvalue weighted by atomic mass is 79.9. The van der Waals surface area contributed by atoms with Crippen LogP contribution >= 0.6 is 27.3 Å². The van der Waals surface area contributed by atoms with Gasteiger partial charge in [-0.15, -0.1) is 11.3 Å². The molecule has 1 heterocycles. The maximum Gasteiger partial charge on any atom is 0.0314 e. The standard InChI is InChI=1S/C14H20BrNS/c1-2-16-12(8-13-11(15)6-7-17-13)14-9-4-3-5-10(9)14/h6-7,9-10,12,14,16H,2-5,8H2,1H3. The highest BCUT2D eigenvalue weighted by molar-refractivity contribution is 9.10. The van der Waals surface area contributed by atoms with Crippen LogP contribution in [-0.4, -0.2) is 12.6 Å². The van der Waals surface area contributed by atoms with E-state index < -0.39 is 0 Å². The monoisotopic (exact) mass is 313 g/mol. The number of thiophene rings is 1. The second-order valence-corrected chi connectivity index (χ2v) is 7.25. The Kier molecular flexibility index (Phi) is 3.60. The molecule has 3 unspecified atom stereocenters. The number of fused-ring (bicyclic) bond motifs is 1. The van der Waals surface area contributed by atoms with Gasteiger partial charge in [-0.05, 0) is 70.9 Å². The van der Waals surface area contributed by atoms with Crippen LogP contribution in [0.3, 0.4) is 0 Å². The Morgan fingerprint density at radius 3 is 2.82 bits per heavy atom. The fourth-order valence-corrected chi connectivity index (χ4v) is 5.32. The first-order valence-electron chi connectivity index (χ1n) is 6.76. The Labute approximate surface area is 116 Å². The number of rotatable bonds is 5. The van der Waals surface area contributed by atoms with E-state index in [1.54, 1.807) is 0 Å². The molecule has 3 atom stereocenters. The van der Waals surface area contributed by atoms with E-state index in [4.69, 9.17) is 0 Å². The molecule has 0 saturated heterocycles. The topological polar surface area (TPSA) is 12.0 Å². The fraction of sp³-hybridized carbons (Fsp3) is 0.714. The average molecular weight is 314 g/mol. The maximum absolute atomic E-state index is 3.72. The van der Waals surface area contributed by atoms with Gasteiger partial charge in [0.05, 0.1) is 0 Å². The van der Waals surface area contributed by atoms with Crippen LogP contribution in [-0.2, 0) is 6.42 Å². The zero-order valence-corrected chi connectivity index (χ0v) is 12.7. The third-order valence-corrected chi connectivity index (χ3v) is 6.45. The largest absolute Gasteiger partial charge is 0.314 e. The van der Waals surface area contributed by atoms with E-state index in [1.165, 1.54) is 35.0 Å². The van der Waals surface area contributed by atoms with E-state index in [0.717, 1.165) is 24.3 Å². The fourth-order valence-electron chi connectivity index (χ4n) is 3.75. The number of likely N-dealkylation sites (N-methyl/N-ethyl adjacent to an activating group) is 1. The van der Waals surface area contributed by atoms with Gasteiger partial charge in [0.25, 0.3) is 0 Å². The predicted octanol–water partition coefficient (Wildman–Crippen LogP) is 4.08. The second kappa shape index (κ2) is 5.02. The molecule has 0 radical (unpaired) electrons. The maximum atomic E-state index is 3.72. The van der Waals surface area contributed by atoms with Gasteiger partial charge < -0.3 is 5.32 Å². The molecule has 1 aromatic heterocycles. The summed E-state index contributed by atoms with van der Waals surface area (Å²) in [5.74, 6) is 3.08. The lowest BCUT2D eigenvalue weighted by Crippen LogP contribution is -2.34. The first-order chi connectivity index (χ1) is 8.31. The van der Waals surface area contributed by atoms with Crippen molar-refractivity contribution < 1.29 is 0 Å². The molecule has 1 N–H and O–H groups in total. The summed E-state index contributed by atoms with van der Waals surface area (Å²) < 4.78 is 1.30. The normalized spacial score (nSPS) is 32.5. The van der Waals surface area contributed by atoms with Crippen LogP contribution in [0.4, 0.5) is 0 Å². The molecule has 0 aliphatic heterocycles. The molecule has 0 amide bonds. The summed E-state index contributed by atoms with van der Waals surface area (Å²) in [6.07, 6.45) is 5.67. The lowest BCUT2D eigenvalue weighted by molar-refractivity contribution is 0.412. The SMILES string of the molecule is CCNC(Cc1sccc1Br)C1C2CCCC21. The highest BCUT2D eigenvalue weighted by Gasteiger charge is 2.55. The lowest BCUT2D eigenvalue weighted by atomic mass is 10.0. The highest BCUT2D eigenvalue weighted by Crippen LogP contribution is 2.59. The van der Waals surface area contributed by atoms with Crippen LogP contribution in [0.1, 0.15) is 31.1 Å². The van der Waals surface area contributed by atoms with Crippen molar-refractivity contribution in [3.63, 3.8) is 0 Å². The van der Waals surface area contributed by atoms with Crippen molar-refractivity contribution in [1.29, 1.82) is 0 Å². The minimum Gasteiger partial charge on any atom is -0.314 e. The number of hydrogen-bond acceptors (Lipinski definition) is 2. The van der Waals surface area contributed by atoms with Gasteiger partial charge >= 0.3 is 0 Å². The smallest absolute Gasteiger partial charge is 0.0314 e. The molecule has 1 nitrogen and oxygen atoms in total. The van der Waals surface area contributed by atoms with Gasteiger partial charge in [-0.25, -0.2) is 0 Å². The molecule has 3 heteroatoms. The Balaban J connectivity index is 1.67. The van der Waals surface area contributed by atoms with E-state index in [9.17, 15) is 0 Å². The molecule has 3 rings (SSSR count). The summed E-state index contributed by atoms with van der Waals surface area (Å²) in [7, 11) is 0. The van der Waals surface area contributed by atoms with Crippen molar-refractivity contribution in [2.75, 3.05) is 6.54 Å². The van der Waals surface area contributed by atoms with Crippen LogP contribution in [0.25, 0.3) is 0 Å². The summed E-state index contributed by atoms with van der Waals surface area (Å²) >= 11 is 5.55. The molecule has 1 aromatic rings. The Bertz CT molecular complexity index is 379. The molecule has 2 aliphatic rings. The van der Waals surface area contributed by atoms with E-state index >= 15 is 0 Å². The molecule has 0 spiro atoms. The van der Waals surface area contributed by atoms with Crippen molar-refractivity contribution >= 4 is 27.3 Å². The average Bonchev–Trinajstić information content (AvgIpc) is 2.67. The van der Waals surface area contributed by atoms with Crippen LogP contribution < -0.4 is 5.32 Å². The van der Waals surface area contributed by atoms with Gasteiger partial charge in [-0.1, -0.05) is 13.3 Å². The molecule has 0 aromatic carbocycles. The van der Waals surface area contributed by atoms with E-state index in [2.05, 4.69) is 39.6 Å². The summed E-state index contributed by atoms with van der Waals surface area (Å²) in [6, 6.07) is 2.89. The van der Waals surface area contributed by atoms with E-state index in [1.807, 2.05) is 11.3 Å². The Morgan fingerprint density at radius 1 is 1.47 bits per heavy atom. The molecular formula is C14H20BrNS. The molecule has 94 valence electrons. The zero-order chi connectivity index (χ0) is 11.8. The Morgan fingerprint density at radius 2 is 2.24 bits per heavy atom. The summed E-state index contributed by atoms with van der Waals surface area (Å²) in [5, 5.41) is 5.92. The van der Waals surface area contributed by atoms with Gasteiger partial charge in [0.1, 0.15) is 0 Å². The van der Waals surface area contributed by atoms with Gasteiger partial charge in [0.2, 0.25) is 0 Å². The molecule has 17 heavy (non-hydrogen) atoms. The molecule has 2 aliphatic carbocycles. The minimum absolute atomic E-state index is 0.713. The van der Waals surface area contributed by atoms with Crippen molar-refractivity contribution in [1.82, 2.24) is 5.32 Å². The first-order valence-corrected chi connectivity index (χ1v) is 8.43. The van der Waals surface area contributed by atoms with Gasteiger partial charge in [0.15, 0.2) is 0 Å². The number of halogens is 1. The Hall–Kier alpha value is 0.140. The third kappa shape index (κ3) is 2.34. The van der Waals surface area contributed by atoms with Gasteiger partial charge in [0, 0.05) is 15.4 Å². The molecule has 2 saturated carbocycles. The van der Waals surface area contributed by atoms with Crippen molar-refractivity contribution in [3.05, 3.63) is 20.8 Å². The van der Waals surface area contributed by atoms with Crippen LogP contribution in [0.2, 0.25) is 0 Å². The van der Waals surface area contributed by atoms with E-state index in [0.29, 0.717) is 6.04 Å². The summed E-state index contributed by atoms with van der Waals surface area (Å²) in [4.78, 5) is 1.51. The second-order valence-electron chi connectivity index (χ2n) is 5.40. The third-order valence-electron chi connectivity index (χ3n) is 4.50. The van der Waals surface area contributed by atoms with Crippen molar-refractivity contribution in [3.8, 4) is 0 Å². The zero-order valence-electron chi connectivity index (χ0n) is 10.3. The lowest BCUT2D eigenvalue weighted by Gasteiger charge is -2.19. The number of hydrogen-bond donors (Lipinski definition) is 1. The van der Waals surface area contributed by atoms with Crippen LogP contribution in [0, 0.1) is 17.8 Å².